The van der Waals surface area contributed by atoms with Crippen LogP contribution in [0.1, 0.15) is 38.1 Å². The molecule has 9 nitrogen and oxygen atoms in total. The highest BCUT2D eigenvalue weighted by Crippen LogP contribution is 2.22. The van der Waals surface area contributed by atoms with Gasteiger partial charge in [-0.05, 0) is 43.8 Å². The molecule has 0 aliphatic carbocycles. The van der Waals surface area contributed by atoms with Crippen LogP contribution in [0.25, 0.3) is 10.9 Å². The molecule has 0 saturated carbocycles. The Labute approximate surface area is 201 Å². The highest BCUT2D eigenvalue weighted by molar-refractivity contribution is 5.91. The maximum atomic E-state index is 12.0. The summed E-state index contributed by atoms with van der Waals surface area (Å²) in [6.07, 6.45) is 0. The number of carbonyl (C=O) groups is 1. The predicted molar refractivity (Wildman–Crippen MR) is 133 cm³/mol. The van der Waals surface area contributed by atoms with Gasteiger partial charge in [0.25, 0.3) is 0 Å². The van der Waals surface area contributed by atoms with Crippen molar-refractivity contribution in [1.82, 2.24) is 19.8 Å². The summed E-state index contributed by atoms with van der Waals surface area (Å²) in [5, 5.41) is 13.3. The standard InChI is InChI=1S/C25H36N6O3/c1-5-31(14-18-10-11-19(16-32)34-18)13-12-30(4)15-22-27-21-9-7-6-8-20(21)25(28-22)29-23(17(2)3)24(26)33/h6-11,17,23,32H,5,12-16H2,1-4H3,(H2,26,33)(H,27,28,29)/t23-/m0/s1. The van der Waals surface area contributed by atoms with Crippen molar-refractivity contribution >= 4 is 22.6 Å². The molecule has 4 N–H and O–H groups in total. The number of aliphatic hydroxyl groups excluding tert-OH is 1. The molecule has 0 fully saturated rings. The molecule has 0 bridgehead atoms. The minimum atomic E-state index is -0.519. The van der Waals surface area contributed by atoms with Crippen LogP contribution in [-0.2, 0) is 24.5 Å². The molecule has 0 unspecified atom stereocenters. The molecule has 3 rings (SSSR count). The van der Waals surface area contributed by atoms with Crippen molar-refractivity contribution in [3.05, 3.63) is 53.7 Å². The zero-order valence-electron chi connectivity index (χ0n) is 20.5. The smallest absolute Gasteiger partial charge is 0.240 e. The molecule has 0 aliphatic heterocycles. The fraction of sp³-hybridized carbons (Fsp3) is 0.480. The number of hydrogen-bond donors (Lipinski definition) is 3. The number of anilines is 1. The number of furan rings is 1. The number of amides is 1. The second-order valence-corrected chi connectivity index (χ2v) is 8.91. The molecule has 2 aromatic heterocycles. The van der Waals surface area contributed by atoms with E-state index in [0.29, 0.717) is 30.5 Å². The van der Waals surface area contributed by atoms with E-state index in [9.17, 15) is 9.90 Å². The molecular weight excluding hydrogens is 432 g/mol. The number of nitrogens with zero attached hydrogens (tertiary/aromatic N) is 4. The van der Waals surface area contributed by atoms with Crippen LogP contribution in [0.3, 0.4) is 0 Å². The first-order chi connectivity index (χ1) is 16.3. The summed E-state index contributed by atoms with van der Waals surface area (Å²) in [4.78, 5) is 25.9. The van der Waals surface area contributed by atoms with Crippen molar-refractivity contribution < 1.29 is 14.3 Å². The van der Waals surface area contributed by atoms with Gasteiger partial charge in [-0.1, -0.05) is 32.9 Å². The van der Waals surface area contributed by atoms with Gasteiger partial charge in [-0.15, -0.1) is 0 Å². The summed E-state index contributed by atoms with van der Waals surface area (Å²) >= 11 is 0. The first-order valence-electron chi connectivity index (χ1n) is 11.7. The quantitative estimate of drug-likeness (QED) is 0.350. The Morgan fingerprint density at radius 1 is 1.12 bits per heavy atom. The lowest BCUT2D eigenvalue weighted by molar-refractivity contribution is -0.119. The lowest BCUT2D eigenvalue weighted by atomic mass is 10.0. The number of primary amides is 1. The molecule has 0 saturated heterocycles. The third-order valence-electron chi connectivity index (χ3n) is 5.82. The zero-order chi connectivity index (χ0) is 24.7. The van der Waals surface area contributed by atoms with Crippen LogP contribution in [0, 0.1) is 5.92 Å². The van der Waals surface area contributed by atoms with Crippen LogP contribution in [0.4, 0.5) is 5.82 Å². The molecule has 0 aliphatic rings. The number of fused-ring (bicyclic) bond motifs is 1. The lowest BCUT2D eigenvalue weighted by Gasteiger charge is -2.24. The van der Waals surface area contributed by atoms with Crippen LogP contribution >= 0.6 is 0 Å². The van der Waals surface area contributed by atoms with Crippen molar-refractivity contribution in [2.75, 3.05) is 32.0 Å². The second-order valence-electron chi connectivity index (χ2n) is 8.91. The van der Waals surface area contributed by atoms with E-state index >= 15 is 0 Å². The van der Waals surface area contributed by atoms with E-state index in [2.05, 4.69) is 22.0 Å². The van der Waals surface area contributed by atoms with Crippen LogP contribution < -0.4 is 11.1 Å². The average molecular weight is 469 g/mol. The van der Waals surface area contributed by atoms with Crippen LogP contribution in [0.2, 0.25) is 0 Å². The summed E-state index contributed by atoms with van der Waals surface area (Å²) in [6, 6.07) is 11.0. The van der Waals surface area contributed by atoms with E-state index in [1.165, 1.54) is 0 Å². The minimum absolute atomic E-state index is 0.0278. The summed E-state index contributed by atoms with van der Waals surface area (Å²) in [5.41, 5.74) is 6.44. The summed E-state index contributed by atoms with van der Waals surface area (Å²) in [7, 11) is 2.04. The Morgan fingerprint density at radius 3 is 2.50 bits per heavy atom. The average Bonchev–Trinajstić information content (AvgIpc) is 3.27. The Morgan fingerprint density at radius 2 is 1.85 bits per heavy atom. The van der Waals surface area contributed by atoms with Gasteiger partial charge in [0.2, 0.25) is 5.91 Å². The minimum Gasteiger partial charge on any atom is -0.462 e. The number of likely N-dealkylation sites (N-methyl/N-ethyl adjacent to an activating group) is 2. The Bertz CT molecular complexity index is 1080. The highest BCUT2D eigenvalue weighted by Gasteiger charge is 2.21. The summed E-state index contributed by atoms with van der Waals surface area (Å²) in [5.74, 6) is 2.35. The Hall–Kier alpha value is -3.01. The number of nitrogens with one attached hydrogen (secondary N) is 1. The highest BCUT2D eigenvalue weighted by atomic mass is 16.4. The fourth-order valence-corrected chi connectivity index (χ4v) is 3.81. The molecule has 34 heavy (non-hydrogen) atoms. The number of benzene rings is 1. The van der Waals surface area contributed by atoms with Gasteiger partial charge in [-0.3, -0.25) is 14.6 Å². The van der Waals surface area contributed by atoms with Crippen molar-refractivity contribution in [2.24, 2.45) is 11.7 Å². The monoisotopic (exact) mass is 468 g/mol. The normalized spacial score (nSPS) is 12.7. The van der Waals surface area contributed by atoms with E-state index in [-0.39, 0.29) is 12.5 Å². The number of rotatable bonds is 13. The van der Waals surface area contributed by atoms with Gasteiger partial charge in [-0.25, -0.2) is 9.97 Å². The van der Waals surface area contributed by atoms with E-state index < -0.39 is 11.9 Å². The first-order valence-corrected chi connectivity index (χ1v) is 11.7. The van der Waals surface area contributed by atoms with Gasteiger partial charge in [-0.2, -0.15) is 0 Å². The molecule has 1 atom stereocenters. The lowest BCUT2D eigenvalue weighted by Crippen LogP contribution is -2.40. The van der Waals surface area contributed by atoms with Gasteiger partial charge in [0.1, 0.15) is 35.8 Å². The summed E-state index contributed by atoms with van der Waals surface area (Å²) < 4.78 is 5.62. The number of carbonyl (C=O) groups excluding carboxylic acids is 1. The maximum Gasteiger partial charge on any atom is 0.240 e. The number of aliphatic hydroxyl groups is 1. The largest absolute Gasteiger partial charge is 0.462 e. The van der Waals surface area contributed by atoms with Gasteiger partial charge in [0.05, 0.1) is 18.6 Å². The van der Waals surface area contributed by atoms with Crippen LogP contribution in [0.5, 0.6) is 0 Å². The summed E-state index contributed by atoms with van der Waals surface area (Å²) in [6.45, 7) is 9.73. The Balaban J connectivity index is 1.69. The number of nitrogens with two attached hydrogens (primary N) is 1. The molecule has 184 valence electrons. The van der Waals surface area contributed by atoms with Gasteiger partial charge in [0, 0.05) is 18.5 Å². The third kappa shape index (κ3) is 6.75. The van der Waals surface area contributed by atoms with E-state index in [1.807, 2.05) is 51.2 Å². The number of hydrogen-bond acceptors (Lipinski definition) is 8. The molecule has 2 heterocycles. The number of aromatic nitrogens is 2. The third-order valence-corrected chi connectivity index (χ3v) is 5.82. The topological polar surface area (TPSA) is 121 Å². The van der Waals surface area contributed by atoms with E-state index in [1.54, 1.807) is 6.07 Å². The first kappa shape index (κ1) is 25.6. The van der Waals surface area contributed by atoms with Gasteiger partial charge < -0.3 is 20.6 Å². The second kappa shape index (κ2) is 11.9. The fourth-order valence-electron chi connectivity index (χ4n) is 3.81. The van der Waals surface area contributed by atoms with Gasteiger partial charge in [0.15, 0.2) is 0 Å². The van der Waals surface area contributed by atoms with Crippen LogP contribution in [-0.4, -0.2) is 63.5 Å². The molecule has 0 radical (unpaired) electrons. The molecule has 0 spiro atoms. The molecule has 1 amide bonds. The number of para-hydroxylation sites is 1. The maximum absolute atomic E-state index is 12.0. The molecule has 9 heteroatoms. The van der Waals surface area contributed by atoms with Crippen molar-refractivity contribution in [3.8, 4) is 0 Å². The Kier molecular flexibility index (Phi) is 8.98. The SMILES string of the molecule is CCN(CCN(C)Cc1nc(N[C@H](C(N)=O)C(C)C)c2ccccc2n1)Cc1ccc(CO)o1. The van der Waals surface area contributed by atoms with Crippen molar-refractivity contribution in [3.63, 3.8) is 0 Å². The zero-order valence-corrected chi connectivity index (χ0v) is 20.5. The molecule has 3 aromatic rings. The predicted octanol–water partition coefficient (Wildman–Crippen LogP) is 2.59. The van der Waals surface area contributed by atoms with Gasteiger partial charge >= 0.3 is 0 Å². The molecule has 1 aromatic carbocycles. The van der Waals surface area contributed by atoms with E-state index in [4.69, 9.17) is 20.1 Å². The van der Waals surface area contributed by atoms with Crippen LogP contribution in [0.15, 0.2) is 40.8 Å². The molecular formula is C25H36N6O3. The van der Waals surface area contributed by atoms with E-state index in [0.717, 1.165) is 36.3 Å². The van der Waals surface area contributed by atoms with Crippen molar-refractivity contribution in [2.45, 2.75) is 46.5 Å². The van der Waals surface area contributed by atoms with Crippen molar-refractivity contribution in [1.29, 1.82) is 0 Å².